The Morgan fingerprint density at radius 3 is 2.67 bits per heavy atom. The Kier molecular flexibility index (Phi) is 7.64. The highest BCUT2D eigenvalue weighted by molar-refractivity contribution is 5.18. The molecule has 0 amide bonds. The average Bonchev–Trinajstić information content (AvgIpc) is 2.29. The van der Waals surface area contributed by atoms with E-state index in [9.17, 15) is 0 Å². The van der Waals surface area contributed by atoms with E-state index >= 15 is 0 Å². The van der Waals surface area contributed by atoms with Gasteiger partial charge in [0.15, 0.2) is 0 Å². The average molecular weight is 211 g/mol. The van der Waals surface area contributed by atoms with Gasteiger partial charge in [0.1, 0.15) is 0 Å². The minimum atomic E-state index is 0.599. The molecule has 1 aromatic heterocycles. The van der Waals surface area contributed by atoms with Gasteiger partial charge in [-0.2, -0.15) is 0 Å². The summed E-state index contributed by atoms with van der Waals surface area (Å²) >= 11 is 0. The summed E-state index contributed by atoms with van der Waals surface area (Å²) < 4.78 is 5.53. The number of pyridine rings is 1. The molecule has 0 saturated carbocycles. The maximum atomic E-state index is 7.00. The van der Waals surface area contributed by atoms with E-state index in [0.717, 1.165) is 26.0 Å². The summed E-state index contributed by atoms with van der Waals surface area (Å²) in [4.78, 5) is 4.12. The van der Waals surface area contributed by atoms with E-state index in [-0.39, 0.29) is 0 Å². The number of hydrogen-bond acceptors (Lipinski definition) is 3. The molecule has 3 heteroatoms. The molecule has 0 bridgehead atoms. The Labute approximate surface area is 92.1 Å². The summed E-state index contributed by atoms with van der Waals surface area (Å²) in [5.41, 5.74) is 1.19. The number of aliphatic hydroxyl groups excluding tert-OH is 1. The van der Waals surface area contributed by atoms with E-state index in [1.165, 1.54) is 5.56 Å². The van der Waals surface area contributed by atoms with Crippen LogP contribution in [0.3, 0.4) is 0 Å². The van der Waals surface area contributed by atoms with Gasteiger partial charge in [0, 0.05) is 19.4 Å². The first kappa shape index (κ1) is 13.9. The van der Waals surface area contributed by atoms with E-state index in [2.05, 4.69) is 18.8 Å². The van der Waals surface area contributed by atoms with Crippen LogP contribution >= 0.6 is 0 Å². The third-order valence-corrected chi connectivity index (χ3v) is 2.10. The summed E-state index contributed by atoms with van der Waals surface area (Å²) in [6, 6.07) is 3.93. The molecule has 15 heavy (non-hydrogen) atoms. The third-order valence-electron chi connectivity index (χ3n) is 2.10. The molecule has 1 atom stereocenters. The fraction of sp³-hybridized carbons (Fsp3) is 0.583. The summed E-state index contributed by atoms with van der Waals surface area (Å²) in [6.07, 6.45) is 2.92. The molecule has 0 aromatic carbocycles. The van der Waals surface area contributed by atoms with Crippen molar-refractivity contribution in [3.63, 3.8) is 0 Å². The lowest BCUT2D eigenvalue weighted by Crippen LogP contribution is -2.07. The number of rotatable bonds is 4. The van der Waals surface area contributed by atoms with Crippen molar-refractivity contribution in [1.29, 1.82) is 0 Å². The van der Waals surface area contributed by atoms with E-state index < -0.39 is 0 Å². The second-order valence-corrected chi connectivity index (χ2v) is 3.50. The molecule has 0 spiro atoms. The molecule has 0 aliphatic carbocycles. The number of aryl methyl sites for hydroxylation is 1. The zero-order valence-electron chi connectivity index (χ0n) is 10.0. The normalized spacial score (nSPS) is 11.3. The molecular formula is C12H21NO2. The van der Waals surface area contributed by atoms with Gasteiger partial charge in [-0.3, -0.25) is 0 Å². The van der Waals surface area contributed by atoms with Gasteiger partial charge in [-0.1, -0.05) is 20.3 Å². The Morgan fingerprint density at radius 1 is 1.47 bits per heavy atom. The minimum Gasteiger partial charge on any atom is -0.477 e. The van der Waals surface area contributed by atoms with E-state index in [4.69, 9.17) is 9.84 Å². The predicted octanol–water partition coefficient (Wildman–Crippen LogP) is 2.42. The molecule has 86 valence electrons. The smallest absolute Gasteiger partial charge is 0.213 e. The SMILES string of the molecule is CCC(C)COc1cc(C)ccn1.CO. The van der Waals surface area contributed by atoms with Crippen molar-refractivity contribution in [2.24, 2.45) is 5.92 Å². The van der Waals surface area contributed by atoms with Crippen LogP contribution in [-0.2, 0) is 0 Å². The maximum Gasteiger partial charge on any atom is 0.213 e. The Bertz CT molecular complexity index is 264. The first-order valence-electron chi connectivity index (χ1n) is 5.22. The molecule has 1 rings (SSSR count). The first-order chi connectivity index (χ1) is 7.22. The Hall–Kier alpha value is -1.09. The standard InChI is InChI=1S/C11H17NO.CH4O/c1-4-9(2)8-13-11-7-10(3)5-6-12-11;1-2/h5-7,9H,4,8H2,1-3H3;2H,1H3. The van der Waals surface area contributed by atoms with Crippen LogP contribution in [0, 0.1) is 12.8 Å². The van der Waals surface area contributed by atoms with E-state index in [0.29, 0.717) is 5.92 Å². The molecule has 0 aliphatic rings. The molecule has 1 heterocycles. The van der Waals surface area contributed by atoms with Gasteiger partial charge in [0.2, 0.25) is 5.88 Å². The van der Waals surface area contributed by atoms with Crippen molar-refractivity contribution in [2.75, 3.05) is 13.7 Å². The molecule has 0 radical (unpaired) electrons. The van der Waals surface area contributed by atoms with Crippen molar-refractivity contribution in [3.8, 4) is 5.88 Å². The number of nitrogens with zero attached hydrogens (tertiary/aromatic N) is 1. The fourth-order valence-corrected chi connectivity index (χ4v) is 0.933. The van der Waals surface area contributed by atoms with Gasteiger partial charge in [-0.05, 0) is 24.5 Å². The first-order valence-corrected chi connectivity index (χ1v) is 5.22. The topological polar surface area (TPSA) is 42.4 Å². The Balaban J connectivity index is 0.000000921. The van der Waals surface area contributed by atoms with Crippen LogP contribution in [0.1, 0.15) is 25.8 Å². The van der Waals surface area contributed by atoms with Gasteiger partial charge in [0.25, 0.3) is 0 Å². The van der Waals surface area contributed by atoms with Crippen molar-refractivity contribution in [3.05, 3.63) is 23.9 Å². The maximum absolute atomic E-state index is 7.00. The number of hydrogen-bond donors (Lipinski definition) is 1. The Morgan fingerprint density at radius 2 is 2.13 bits per heavy atom. The lowest BCUT2D eigenvalue weighted by molar-refractivity contribution is 0.247. The van der Waals surface area contributed by atoms with Gasteiger partial charge < -0.3 is 9.84 Å². The van der Waals surface area contributed by atoms with Crippen LogP contribution in [0.15, 0.2) is 18.3 Å². The van der Waals surface area contributed by atoms with Crippen LogP contribution in [0.25, 0.3) is 0 Å². The monoisotopic (exact) mass is 211 g/mol. The van der Waals surface area contributed by atoms with Crippen molar-refractivity contribution >= 4 is 0 Å². The largest absolute Gasteiger partial charge is 0.477 e. The van der Waals surface area contributed by atoms with Crippen molar-refractivity contribution in [1.82, 2.24) is 4.98 Å². The molecule has 0 fully saturated rings. The molecule has 1 aromatic rings. The second-order valence-electron chi connectivity index (χ2n) is 3.50. The lowest BCUT2D eigenvalue weighted by atomic mass is 10.1. The summed E-state index contributed by atoms with van der Waals surface area (Å²) in [5.74, 6) is 1.34. The van der Waals surface area contributed by atoms with Crippen LogP contribution in [-0.4, -0.2) is 23.8 Å². The number of aliphatic hydroxyl groups is 1. The van der Waals surface area contributed by atoms with Crippen LogP contribution in [0.2, 0.25) is 0 Å². The van der Waals surface area contributed by atoms with Crippen LogP contribution < -0.4 is 4.74 Å². The molecular weight excluding hydrogens is 190 g/mol. The van der Waals surface area contributed by atoms with Crippen molar-refractivity contribution < 1.29 is 9.84 Å². The highest BCUT2D eigenvalue weighted by atomic mass is 16.5. The second kappa shape index (κ2) is 8.24. The zero-order valence-corrected chi connectivity index (χ0v) is 10.0. The number of ether oxygens (including phenoxy) is 1. The van der Waals surface area contributed by atoms with E-state index in [1.807, 2.05) is 19.1 Å². The molecule has 1 unspecified atom stereocenters. The highest BCUT2D eigenvalue weighted by Crippen LogP contribution is 2.10. The summed E-state index contributed by atoms with van der Waals surface area (Å²) in [7, 11) is 1.00. The predicted molar refractivity (Wildman–Crippen MR) is 62.1 cm³/mol. The molecule has 0 saturated heterocycles. The molecule has 3 nitrogen and oxygen atoms in total. The molecule has 1 N–H and O–H groups in total. The minimum absolute atomic E-state index is 0.599. The van der Waals surface area contributed by atoms with Gasteiger partial charge >= 0.3 is 0 Å². The van der Waals surface area contributed by atoms with E-state index in [1.54, 1.807) is 6.20 Å². The van der Waals surface area contributed by atoms with Gasteiger partial charge in [0.05, 0.1) is 6.61 Å². The zero-order chi connectivity index (χ0) is 11.7. The third kappa shape index (κ3) is 6.07. The fourth-order valence-electron chi connectivity index (χ4n) is 0.933. The summed E-state index contributed by atoms with van der Waals surface area (Å²) in [6.45, 7) is 7.14. The lowest BCUT2D eigenvalue weighted by Gasteiger charge is -2.09. The van der Waals surface area contributed by atoms with Crippen LogP contribution in [0.4, 0.5) is 0 Å². The quantitative estimate of drug-likeness (QED) is 0.831. The van der Waals surface area contributed by atoms with Gasteiger partial charge in [-0.15, -0.1) is 0 Å². The van der Waals surface area contributed by atoms with Gasteiger partial charge in [-0.25, -0.2) is 4.98 Å². The van der Waals surface area contributed by atoms with Crippen molar-refractivity contribution in [2.45, 2.75) is 27.2 Å². The molecule has 0 aliphatic heterocycles. The number of aromatic nitrogens is 1. The van der Waals surface area contributed by atoms with Crippen LogP contribution in [0.5, 0.6) is 5.88 Å². The highest BCUT2D eigenvalue weighted by Gasteiger charge is 2.00. The summed E-state index contributed by atoms with van der Waals surface area (Å²) in [5, 5.41) is 7.00.